The quantitative estimate of drug-likeness (QED) is 0.759. The molecule has 0 N–H and O–H groups in total. The van der Waals surface area contributed by atoms with Crippen LogP contribution in [0.4, 0.5) is 0 Å². The van der Waals surface area contributed by atoms with Crippen molar-refractivity contribution in [2.24, 2.45) is 0 Å². The summed E-state index contributed by atoms with van der Waals surface area (Å²) in [5, 5.41) is 0. The van der Waals surface area contributed by atoms with E-state index in [2.05, 4.69) is 12.6 Å². The van der Waals surface area contributed by atoms with E-state index in [1.807, 2.05) is 39.0 Å². The second-order valence-corrected chi connectivity index (χ2v) is 4.53. The van der Waals surface area contributed by atoms with Crippen molar-refractivity contribution >= 4 is 12.6 Å². The van der Waals surface area contributed by atoms with Gasteiger partial charge in [-0.2, -0.15) is 0 Å². The smallest absolute Gasteiger partial charge is 0.135 e. The fourth-order valence-electron chi connectivity index (χ4n) is 1.07. The fourth-order valence-corrected chi connectivity index (χ4v) is 1.31. The van der Waals surface area contributed by atoms with Crippen LogP contribution in [0.3, 0.4) is 0 Å². The third kappa shape index (κ3) is 3.14. The van der Waals surface area contributed by atoms with Gasteiger partial charge in [0.1, 0.15) is 17.1 Å². The summed E-state index contributed by atoms with van der Waals surface area (Å²) in [4.78, 5) is 0.814. The zero-order chi connectivity index (χ0) is 10.8. The standard InChI is InChI=1S/C11H16O2S/c1-11(2,3)13-8-5-6-10(14)9(7-8)12-4/h5-7,14H,1-4H3. The van der Waals surface area contributed by atoms with Gasteiger partial charge in [0.15, 0.2) is 0 Å². The highest BCUT2D eigenvalue weighted by Crippen LogP contribution is 2.29. The lowest BCUT2D eigenvalue weighted by atomic mass is 10.2. The van der Waals surface area contributed by atoms with Crippen LogP contribution in [0.5, 0.6) is 11.5 Å². The first kappa shape index (κ1) is 11.2. The van der Waals surface area contributed by atoms with Crippen LogP contribution in [-0.4, -0.2) is 12.7 Å². The average Bonchev–Trinajstić information content (AvgIpc) is 2.06. The number of thiol groups is 1. The van der Waals surface area contributed by atoms with Crippen LogP contribution >= 0.6 is 12.6 Å². The summed E-state index contributed by atoms with van der Waals surface area (Å²) in [5.74, 6) is 1.53. The zero-order valence-electron chi connectivity index (χ0n) is 9.00. The third-order valence-corrected chi connectivity index (χ3v) is 1.94. The lowest BCUT2D eigenvalue weighted by Gasteiger charge is -2.21. The maximum Gasteiger partial charge on any atom is 0.135 e. The first-order chi connectivity index (χ1) is 6.42. The molecule has 0 saturated carbocycles. The second-order valence-electron chi connectivity index (χ2n) is 4.05. The number of hydrogen-bond acceptors (Lipinski definition) is 3. The van der Waals surface area contributed by atoms with Crippen molar-refractivity contribution in [1.82, 2.24) is 0 Å². The molecule has 3 heteroatoms. The van der Waals surface area contributed by atoms with Crippen molar-refractivity contribution in [3.05, 3.63) is 18.2 Å². The molecule has 0 fully saturated rings. The molecule has 1 aromatic rings. The monoisotopic (exact) mass is 212 g/mol. The molecular weight excluding hydrogens is 196 g/mol. The molecule has 0 aliphatic carbocycles. The van der Waals surface area contributed by atoms with Crippen LogP contribution in [0, 0.1) is 0 Å². The fraction of sp³-hybridized carbons (Fsp3) is 0.455. The zero-order valence-corrected chi connectivity index (χ0v) is 9.89. The summed E-state index contributed by atoms with van der Waals surface area (Å²) in [5.41, 5.74) is -0.191. The minimum absolute atomic E-state index is 0.191. The molecule has 14 heavy (non-hydrogen) atoms. The maximum atomic E-state index is 5.69. The Morgan fingerprint density at radius 1 is 1.21 bits per heavy atom. The molecule has 2 nitrogen and oxygen atoms in total. The molecule has 0 bridgehead atoms. The lowest BCUT2D eigenvalue weighted by Crippen LogP contribution is -2.22. The van der Waals surface area contributed by atoms with Gasteiger partial charge >= 0.3 is 0 Å². The molecule has 0 aliphatic heterocycles. The Labute approximate surface area is 90.6 Å². The summed E-state index contributed by atoms with van der Waals surface area (Å²) >= 11 is 4.26. The molecule has 0 heterocycles. The van der Waals surface area contributed by atoms with Crippen LogP contribution < -0.4 is 9.47 Å². The topological polar surface area (TPSA) is 18.5 Å². The Morgan fingerprint density at radius 2 is 1.86 bits per heavy atom. The van der Waals surface area contributed by atoms with E-state index < -0.39 is 0 Å². The van der Waals surface area contributed by atoms with Crippen LogP contribution in [0.2, 0.25) is 0 Å². The van der Waals surface area contributed by atoms with Crippen LogP contribution in [0.15, 0.2) is 23.1 Å². The molecule has 78 valence electrons. The molecule has 0 amide bonds. The van der Waals surface area contributed by atoms with Crippen molar-refractivity contribution in [2.75, 3.05) is 7.11 Å². The van der Waals surface area contributed by atoms with Crippen molar-refractivity contribution in [1.29, 1.82) is 0 Å². The van der Waals surface area contributed by atoms with Gasteiger partial charge in [0.25, 0.3) is 0 Å². The minimum Gasteiger partial charge on any atom is -0.495 e. The summed E-state index contributed by atoms with van der Waals surface area (Å²) in [6.45, 7) is 6.02. The van der Waals surface area contributed by atoms with E-state index in [4.69, 9.17) is 9.47 Å². The number of hydrogen-bond donors (Lipinski definition) is 1. The van der Waals surface area contributed by atoms with E-state index >= 15 is 0 Å². The van der Waals surface area contributed by atoms with Gasteiger partial charge in [-0.25, -0.2) is 0 Å². The van der Waals surface area contributed by atoms with Gasteiger partial charge < -0.3 is 9.47 Å². The van der Waals surface area contributed by atoms with Crippen LogP contribution in [-0.2, 0) is 0 Å². The Kier molecular flexibility index (Phi) is 3.32. The molecule has 0 atom stereocenters. The van der Waals surface area contributed by atoms with E-state index in [1.54, 1.807) is 7.11 Å². The highest BCUT2D eigenvalue weighted by molar-refractivity contribution is 7.80. The summed E-state index contributed by atoms with van der Waals surface area (Å²) in [7, 11) is 1.62. The van der Waals surface area contributed by atoms with Crippen molar-refractivity contribution in [3.8, 4) is 11.5 Å². The van der Waals surface area contributed by atoms with E-state index in [9.17, 15) is 0 Å². The first-order valence-electron chi connectivity index (χ1n) is 4.48. The van der Waals surface area contributed by atoms with Crippen LogP contribution in [0.1, 0.15) is 20.8 Å². The van der Waals surface area contributed by atoms with E-state index in [0.717, 1.165) is 16.4 Å². The molecule has 0 radical (unpaired) electrons. The van der Waals surface area contributed by atoms with Gasteiger partial charge in [0, 0.05) is 11.0 Å². The summed E-state index contributed by atoms with van der Waals surface area (Å²) < 4.78 is 10.8. The lowest BCUT2D eigenvalue weighted by molar-refractivity contribution is 0.130. The van der Waals surface area contributed by atoms with Gasteiger partial charge in [0.05, 0.1) is 7.11 Å². The molecule has 0 saturated heterocycles. The highest BCUT2D eigenvalue weighted by Gasteiger charge is 2.12. The number of ether oxygens (including phenoxy) is 2. The average molecular weight is 212 g/mol. The van der Waals surface area contributed by atoms with E-state index in [0.29, 0.717) is 0 Å². The summed E-state index contributed by atoms with van der Waals surface area (Å²) in [6.07, 6.45) is 0. The van der Waals surface area contributed by atoms with E-state index in [-0.39, 0.29) is 5.60 Å². The molecule has 0 unspecified atom stereocenters. The maximum absolute atomic E-state index is 5.69. The van der Waals surface area contributed by atoms with Crippen molar-refractivity contribution < 1.29 is 9.47 Å². The highest BCUT2D eigenvalue weighted by atomic mass is 32.1. The van der Waals surface area contributed by atoms with Gasteiger partial charge in [-0.3, -0.25) is 0 Å². The molecule has 1 rings (SSSR count). The van der Waals surface area contributed by atoms with Gasteiger partial charge in [0.2, 0.25) is 0 Å². The number of benzene rings is 1. The summed E-state index contributed by atoms with van der Waals surface area (Å²) in [6, 6.07) is 5.59. The Balaban J connectivity index is 2.90. The van der Waals surface area contributed by atoms with E-state index in [1.165, 1.54) is 0 Å². The van der Waals surface area contributed by atoms with Gasteiger partial charge in [-0.05, 0) is 32.9 Å². The van der Waals surface area contributed by atoms with Gasteiger partial charge in [-0.1, -0.05) is 0 Å². The number of rotatable bonds is 2. The molecule has 0 aliphatic rings. The predicted octanol–water partition coefficient (Wildman–Crippen LogP) is 3.16. The minimum atomic E-state index is -0.191. The Bertz CT molecular complexity index is 316. The predicted molar refractivity (Wildman–Crippen MR) is 60.6 cm³/mol. The van der Waals surface area contributed by atoms with Crippen LogP contribution in [0.25, 0.3) is 0 Å². The Hall–Kier alpha value is -0.830. The van der Waals surface area contributed by atoms with Gasteiger partial charge in [-0.15, -0.1) is 12.6 Å². The molecule has 0 aromatic heterocycles. The Morgan fingerprint density at radius 3 is 2.36 bits per heavy atom. The van der Waals surface area contributed by atoms with Crippen molar-refractivity contribution in [3.63, 3.8) is 0 Å². The largest absolute Gasteiger partial charge is 0.495 e. The second kappa shape index (κ2) is 4.13. The van der Waals surface area contributed by atoms with Crippen molar-refractivity contribution in [2.45, 2.75) is 31.3 Å². The SMILES string of the molecule is COc1cc(OC(C)(C)C)ccc1S. The molecule has 0 spiro atoms. The normalized spacial score (nSPS) is 11.2. The molecular formula is C11H16O2S. The number of methoxy groups -OCH3 is 1. The third-order valence-electron chi connectivity index (χ3n) is 1.58. The first-order valence-corrected chi connectivity index (χ1v) is 4.93. The molecule has 1 aromatic carbocycles.